The van der Waals surface area contributed by atoms with E-state index in [1.807, 2.05) is 12.1 Å². The van der Waals surface area contributed by atoms with Crippen molar-refractivity contribution in [3.05, 3.63) is 35.4 Å². The van der Waals surface area contributed by atoms with Crippen molar-refractivity contribution in [2.24, 2.45) is 4.99 Å². The molecule has 2 N–H and O–H groups in total. The van der Waals surface area contributed by atoms with E-state index in [0.717, 1.165) is 0 Å². The molecule has 0 aliphatic carbocycles. The SMILES string of the molecule is CN=C(NCc1cccc(C)c1)NC1CCS(=O)(=O)C1.I. The van der Waals surface area contributed by atoms with Crippen LogP contribution >= 0.6 is 24.0 Å². The van der Waals surface area contributed by atoms with E-state index in [2.05, 4.69) is 34.7 Å². The fraction of sp³-hybridized carbons (Fsp3) is 0.500. The normalized spacial score (nSPS) is 20.7. The van der Waals surface area contributed by atoms with E-state index in [0.29, 0.717) is 18.9 Å². The van der Waals surface area contributed by atoms with E-state index < -0.39 is 9.84 Å². The molecule has 1 fully saturated rings. The Morgan fingerprint density at radius 1 is 1.43 bits per heavy atom. The first-order chi connectivity index (χ1) is 9.48. The lowest BCUT2D eigenvalue weighted by atomic mass is 10.1. The smallest absolute Gasteiger partial charge is 0.191 e. The molecule has 1 unspecified atom stereocenters. The number of hydrogen-bond donors (Lipinski definition) is 2. The van der Waals surface area contributed by atoms with Gasteiger partial charge in [-0.2, -0.15) is 0 Å². The molecule has 1 aliphatic heterocycles. The quantitative estimate of drug-likeness (QED) is 0.439. The Hall–Kier alpha value is -0.830. The molecule has 21 heavy (non-hydrogen) atoms. The second-order valence-corrected chi connectivity index (χ2v) is 7.39. The van der Waals surface area contributed by atoms with Crippen molar-refractivity contribution < 1.29 is 8.42 Å². The lowest BCUT2D eigenvalue weighted by Gasteiger charge is -2.16. The number of aliphatic imine (C=N–C) groups is 1. The van der Waals surface area contributed by atoms with E-state index in [9.17, 15) is 8.42 Å². The Morgan fingerprint density at radius 3 is 2.76 bits per heavy atom. The van der Waals surface area contributed by atoms with Crippen molar-refractivity contribution in [3.8, 4) is 0 Å². The van der Waals surface area contributed by atoms with Crippen LogP contribution in [0.3, 0.4) is 0 Å². The molecular weight excluding hydrogens is 401 g/mol. The number of rotatable bonds is 3. The number of nitrogens with one attached hydrogen (secondary N) is 2. The zero-order valence-corrected chi connectivity index (χ0v) is 15.4. The van der Waals surface area contributed by atoms with Gasteiger partial charge in [-0.05, 0) is 18.9 Å². The summed E-state index contributed by atoms with van der Waals surface area (Å²) in [6, 6.07) is 8.20. The third kappa shape index (κ3) is 5.82. The summed E-state index contributed by atoms with van der Waals surface area (Å²) in [6.45, 7) is 2.72. The van der Waals surface area contributed by atoms with Crippen molar-refractivity contribution in [3.63, 3.8) is 0 Å². The van der Waals surface area contributed by atoms with Crippen LogP contribution in [0.25, 0.3) is 0 Å². The molecule has 118 valence electrons. The van der Waals surface area contributed by atoms with Crippen LogP contribution in [-0.4, -0.2) is 39.0 Å². The van der Waals surface area contributed by atoms with Crippen LogP contribution < -0.4 is 10.6 Å². The second-order valence-electron chi connectivity index (χ2n) is 5.16. The molecule has 1 heterocycles. The van der Waals surface area contributed by atoms with Crippen molar-refractivity contribution in [1.82, 2.24) is 10.6 Å². The number of benzene rings is 1. The van der Waals surface area contributed by atoms with Crippen molar-refractivity contribution in [1.29, 1.82) is 0 Å². The fourth-order valence-electron chi connectivity index (χ4n) is 2.30. The van der Waals surface area contributed by atoms with Gasteiger partial charge in [0.2, 0.25) is 0 Å². The number of aryl methyl sites for hydroxylation is 1. The Labute approximate surface area is 143 Å². The maximum absolute atomic E-state index is 11.4. The summed E-state index contributed by atoms with van der Waals surface area (Å²) in [5, 5.41) is 6.38. The van der Waals surface area contributed by atoms with Gasteiger partial charge in [0.05, 0.1) is 11.5 Å². The van der Waals surface area contributed by atoms with Crippen LogP contribution in [-0.2, 0) is 16.4 Å². The monoisotopic (exact) mass is 423 g/mol. The molecular formula is C14H22IN3O2S. The maximum Gasteiger partial charge on any atom is 0.191 e. The minimum absolute atomic E-state index is 0. The van der Waals surface area contributed by atoms with Gasteiger partial charge in [-0.15, -0.1) is 24.0 Å². The largest absolute Gasteiger partial charge is 0.353 e. The van der Waals surface area contributed by atoms with Gasteiger partial charge in [0.15, 0.2) is 15.8 Å². The third-order valence-corrected chi connectivity index (χ3v) is 5.11. The first kappa shape index (κ1) is 18.2. The predicted octanol–water partition coefficient (Wildman–Crippen LogP) is 1.47. The lowest BCUT2D eigenvalue weighted by Crippen LogP contribution is -2.43. The number of halogens is 1. The van der Waals surface area contributed by atoms with E-state index in [1.54, 1.807) is 7.05 Å². The van der Waals surface area contributed by atoms with Gasteiger partial charge in [0.1, 0.15) is 0 Å². The molecule has 1 aromatic rings. The molecule has 1 aromatic carbocycles. The molecule has 0 bridgehead atoms. The molecule has 0 saturated carbocycles. The van der Waals surface area contributed by atoms with Gasteiger partial charge in [0.25, 0.3) is 0 Å². The second kappa shape index (κ2) is 7.98. The summed E-state index contributed by atoms with van der Waals surface area (Å²) in [5.41, 5.74) is 2.39. The van der Waals surface area contributed by atoms with Crippen LogP contribution in [0.2, 0.25) is 0 Å². The first-order valence-corrected chi connectivity index (χ1v) is 8.54. The van der Waals surface area contributed by atoms with Crippen LogP contribution in [0.4, 0.5) is 0 Å². The van der Waals surface area contributed by atoms with Crippen LogP contribution in [0.1, 0.15) is 17.5 Å². The highest BCUT2D eigenvalue weighted by atomic mass is 127. The lowest BCUT2D eigenvalue weighted by molar-refractivity contribution is 0.599. The molecule has 1 atom stereocenters. The van der Waals surface area contributed by atoms with E-state index in [1.165, 1.54) is 11.1 Å². The van der Waals surface area contributed by atoms with Crippen LogP contribution in [0, 0.1) is 6.92 Å². The Balaban J connectivity index is 0.00000220. The molecule has 0 amide bonds. The highest BCUT2D eigenvalue weighted by Gasteiger charge is 2.28. The topological polar surface area (TPSA) is 70.6 Å². The van der Waals surface area contributed by atoms with Gasteiger partial charge in [-0.1, -0.05) is 29.8 Å². The predicted molar refractivity (Wildman–Crippen MR) is 97.0 cm³/mol. The zero-order chi connectivity index (χ0) is 14.6. The van der Waals surface area contributed by atoms with Gasteiger partial charge < -0.3 is 10.6 Å². The molecule has 7 heteroatoms. The van der Waals surface area contributed by atoms with Crippen LogP contribution in [0.5, 0.6) is 0 Å². The zero-order valence-electron chi connectivity index (χ0n) is 12.3. The fourth-order valence-corrected chi connectivity index (χ4v) is 3.98. The number of nitrogens with zero attached hydrogens (tertiary/aromatic N) is 1. The minimum Gasteiger partial charge on any atom is -0.353 e. The van der Waals surface area contributed by atoms with E-state index in [4.69, 9.17) is 0 Å². The van der Waals surface area contributed by atoms with Crippen molar-refractivity contribution >= 4 is 39.8 Å². The van der Waals surface area contributed by atoms with Crippen LogP contribution in [0.15, 0.2) is 29.3 Å². The van der Waals surface area contributed by atoms with Crippen molar-refractivity contribution in [2.45, 2.75) is 25.9 Å². The van der Waals surface area contributed by atoms with Crippen molar-refractivity contribution in [2.75, 3.05) is 18.6 Å². The Kier molecular flexibility index (Phi) is 6.92. The molecule has 1 saturated heterocycles. The average molecular weight is 423 g/mol. The highest BCUT2D eigenvalue weighted by molar-refractivity contribution is 14.0. The minimum atomic E-state index is -2.87. The number of sulfone groups is 1. The summed E-state index contributed by atoms with van der Waals surface area (Å²) >= 11 is 0. The number of guanidine groups is 1. The summed E-state index contributed by atoms with van der Waals surface area (Å²) in [4.78, 5) is 4.14. The van der Waals surface area contributed by atoms with E-state index >= 15 is 0 Å². The van der Waals surface area contributed by atoms with E-state index in [-0.39, 0.29) is 41.5 Å². The van der Waals surface area contributed by atoms with Gasteiger partial charge in [0, 0.05) is 19.6 Å². The first-order valence-electron chi connectivity index (χ1n) is 6.72. The summed E-state index contributed by atoms with van der Waals surface area (Å²) < 4.78 is 22.9. The standard InChI is InChI=1S/C14H21N3O2S.HI/c1-11-4-3-5-12(8-11)9-16-14(15-2)17-13-6-7-20(18,19)10-13;/h3-5,8,13H,6-7,9-10H2,1-2H3,(H2,15,16,17);1H. The summed E-state index contributed by atoms with van der Waals surface area (Å²) in [6.07, 6.45) is 0.646. The molecule has 0 radical (unpaired) electrons. The molecule has 5 nitrogen and oxygen atoms in total. The third-order valence-electron chi connectivity index (χ3n) is 3.34. The molecule has 0 aromatic heterocycles. The molecule has 0 spiro atoms. The van der Waals surface area contributed by atoms with Gasteiger partial charge in [-0.3, -0.25) is 4.99 Å². The highest BCUT2D eigenvalue weighted by Crippen LogP contribution is 2.11. The van der Waals surface area contributed by atoms with Gasteiger partial charge in [-0.25, -0.2) is 8.42 Å². The number of hydrogen-bond acceptors (Lipinski definition) is 3. The summed E-state index contributed by atoms with van der Waals surface area (Å²) in [5.74, 6) is 1.10. The Morgan fingerprint density at radius 2 is 2.19 bits per heavy atom. The Bertz CT molecular complexity index is 602. The average Bonchev–Trinajstić information content (AvgIpc) is 2.74. The van der Waals surface area contributed by atoms with Gasteiger partial charge >= 0.3 is 0 Å². The molecule has 2 rings (SSSR count). The molecule has 1 aliphatic rings. The summed E-state index contributed by atoms with van der Waals surface area (Å²) in [7, 11) is -1.18. The maximum atomic E-state index is 11.4.